The summed E-state index contributed by atoms with van der Waals surface area (Å²) in [7, 11) is 0. The van der Waals surface area contributed by atoms with Gasteiger partial charge in [-0.25, -0.2) is 0 Å². The summed E-state index contributed by atoms with van der Waals surface area (Å²) < 4.78 is 5.59. The lowest BCUT2D eigenvalue weighted by Gasteiger charge is -2.09. The van der Waals surface area contributed by atoms with Gasteiger partial charge in [-0.05, 0) is 37.0 Å². The molecule has 1 aromatic rings. The van der Waals surface area contributed by atoms with Crippen LogP contribution in [0.4, 0.5) is 0 Å². The summed E-state index contributed by atoms with van der Waals surface area (Å²) in [6.45, 7) is 7.06. The zero-order chi connectivity index (χ0) is 11.3. The van der Waals surface area contributed by atoms with Crippen LogP contribution in [-0.4, -0.2) is 12.0 Å². The molecule has 0 N–H and O–H groups in total. The van der Waals surface area contributed by atoms with Crippen LogP contribution in [0.1, 0.15) is 26.3 Å². The van der Waals surface area contributed by atoms with E-state index >= 15 is 0 Å². The summed E-state index contributed by atoms with van der Waals surface area (Å²) >= 11 is 5.92. The van der Waals surface area contributed by atoms with Crippen LogP contribution in [0.15, 0.2) is 24.3 Å². The molecular formula is C13H19ClO. The van der Waals surface area contributed by atoms with Crippen LogP contribution in [0.5, 0.6) is 5.75 Å². The van der Waals surface area contributed by atoms with Crippen LogP contribution in [0, 0.1) is 5.92 Å². The Kier molecular flexibility index (Phi) is 4.97. The largest absolute Gasteiger partial charge is 0.493 e. The van der Waals surface area contributed by atoms with E-state index in [9.17, 15) is 0 Å². The molecular weight excluding hydrogens is 208 g/mol. The maximum atomic E-state index is 5.92. The molecule has 0 bridgehead atoms. The Morgan fingerprint density at radius 3 is 2.20 bits per heavy atom. The van der Waals surface area contributed by atoms with Crippen molar-refractivity contribution in [1.29, 1.82) is 0 Å². The fraction of sp³-hybridized carbons (Fsp3) is 0.538. The molecule has 1 rings (SSSR count). The van der Waals surface area contributed by atoms with Crippen LogP contribution >= 0.6 is 11.6 Å². The van der Waals surface area contributed by atoms with E-state index in [2.05, 4.69) is 26.0 Å². The number of alkyl halides is 1. The summed E-state index contributed by atoms with van der Waals surface area (Å²) in [6, 6.07) is 8.18. The van der Waals surface area contributed by atoms with Gasteiger partial charge in [0.2, 0.25) is 0 Å². The first-order valence-corrected chi connectivity index (χ1v) is 5.87. The molecule has 0 aliphatic heterocycles. The van der Waals surface area contributed by atoms with Gasteiger partial charge >= 0.3 is 0 Å². The molecule has 0 aromatic heterocycles. The smallest absolute Gasteiger partial charge is 0.119 e. The maximum absolute atomic E-state index is 5.92. The molecule has 1 atom stereocenters. The van der Waals surface area contributed by atoms with Gasteiger partial charge in [-0.1, -0.05) is 26.0 Å². The number of rotatable bonds is 5. The molecule has 84 valence electrons. The van der Waals surface area contributed by atoms with Gasteiger partial charge in [0, 0.05) is 5.38 Å². The first kappa shape index (κ1) is 12.4. The lowest BCUT2D eigenvalue weighted by molar-refractivity contribution is 0.271. The Bertz CT molecular complexity index is 277. The Hall–Kier alpha value is -0.690. The van der Waals surface area contributed by atoms with Crippen molar-refractivity contribution in [3.05, 3.63) is 29.8 Å². The van der Waals surface area contributed by atoms with Crippen molar-refractivity contribution in [3.8, 4) is 5.75 Å². The standard InChI is InChI=1S/C13H19ClO/c1-10(2)9-15-13-6-4-12(5-7-13)8-11(3)14/h4-7,10-11H,8-9H2,1-3H3. The van der Waals surface area contributed by atoms with Crippen LogP contribution in [0.3, 0.4) is 0 Å². The first-order valence-electron chi connectivity index (χ1n) is 5.43. The fourth-order valence-corrected chi connectivity index (χ4v) is 1.49. The first-order chi connectivity index (χ1) is 7.08. The molecule has 15 heavy (non-hydrogen) atoms. The highest BCUT2D eigenvalue weighted by Crippen LogP contribution is 2.15. The summed E-state index contributed by atoms with van der Waals surface area (Å²) in [5, 5.41) is 0.187. The molecule has 0 radical (unpaired) electrons. The molecule has 0 spiro atoms. The monoisotopic (exact) mass is 226 g/mol. The third-order valence-corrected chi connectivity index (χ3v) is 2.18. The van der Waals surface area contributed by atoms with E-state index in [0.29, 0.717) is 5.92 Å². The highest BCUT2D eigenvalue weighted by atomic mass is 35.5. The molecule has 1 nitrogen and oxygen atoms in total. The summed E-state index contributed by atoms with van der Waals surface area (Å²) in [5.41, 5.74) is 1.26. The average Bonchev–Trinajstić information content (AvgIpc) is 2.16. The SMILES string of the molecule is CC(C)COc1ccc(CC(C)Cl)cc1. The van der Waals surface area contributed by atoms with E-state index in [4.69, 9.17) is 16.3 Å². The second-order valence-corrected chi connectivity index (χ2v) is 5.08. The van der Waals surface area contributed by atoms with E-state index in [1.165, 1.54) is 5.56 Å². The summed E-state index contributed by atoms with van der Waals surface area (Å²) in [5.74, 6) is 1.50. The van der Waals surface area contributed by atoms with Crippen molar-refractivity contribution in [3.63, 3.8) is 0 Å². The molecule has 0 heterocycles. The van der Waals surface area contributed by atoms with Gasteiger partial charge in [-0.2, -0.15) is 0 Å². The van der Waals surface area contributed by atoms with Crippen LogP contribution < -0.4 is 4.74 Å². The zero-order valence-electron chi connectivity index (χ0n) is 9.66. The molecule has 2 heteroatoms. The third-order valence-electron chi connectivity index (χ3n) is 2.02. The number of hydrogen-bond acceptors (Lipinski definition) is 1. The van der Waals surface area contributed by atoms with Crippen molar-refractivity contribution in [2.75, 3.05) is 6.61 Å². The van der Waals surface area contributed by atoms with Crippen molar-refractivity contribution in [2.24, 2.45) is 5.92 Å². The molecule has 0 amide bonds. The lowest BCUT2D eigenvalue weighted by Crippen LogP contribution is -2.04. The van der Waals surface area contributed by atoms with Crippen LogP contribution in [0.25, 0.3) is 0 Å². The number of benzene rings is 1. The molecule has 0 saturated carbocycles. The van der Waals surface area contributed by atoms with Gasteiger partial charge < -0.3 is 4.74 Å². The second kappa shape index (κ2) is 6.02. The van der Waals surface area contributed by atoms with E-state index < -0.39 is 0 Å². The Labute approximate surface area is 97.4 Å². The average molecular weight is 227 g/mol. The highest BCUT2D eigenvalue weighted by Gasteiger charge is 2.00. The van der Waals surface area contributed by atoms with E-state index in [1.54, 1.807) is 0 Å². The second-order valence-electron chi connectivity index (χ2n) is 4.33. The molecule has 0 aliphatic carbocycles. The van der Waals surface area contributed by atoms with Crippen molar-refractivity contribution in [2.45, 2.75) is 32.6 Å². The zero-order valence-corrected chi connectivity index (χ0v) is 10.4. The summed E-state index contributed by atoms with van der Waals surface area (Å²) in [6.07, 6.45) is 0.909. The van der Waals surface area contributed by atoms with Gasteiger partial charge in [0.15, 0.2) is 0 Å². The number of halogens is 1. The summed E-state index contributed by atoms with van der Waals surface area (Å²) in [4.78, 5) is 0. The molecule has 1 unspecified atom stereocenters. The molecule has 0 saturated heterocycles. The highest BCUT2D eigenvalue weighted by molar-refractivity contribution is 6.20. The maximum Gasteiger partial charge on any atom is 0.119 e. The van der Waals surface area contributed by atoms with Crippen LogP contribution in [0.2, 0.25) is 0 Å². The minimum absolute atomic E-state index is 0.187. The predicted octanol–water partition coefficient (Wildman–Crippen LogP) is 3.89. The van der Waals surface area contributed by atoms with Crippen molar-refractivity contribution in [1.82, 2.24) is 0 Å². The van der Waals surface area contributed by atoms with E-state index in [1.807, 2.05) is 19.1 Å². The van der Waals surface area contributed by atoms with E-state index in [-0.39, 0.29) is 5.38 Å². The quantitative estimate of drug-likeness (QED) is 0.693. The lowest BCUT2D eigenvalue weighted by atomic mass is 10.1. The fourth-order valence-electron chi connectivity index (χ4n) is 1.31. The Morgan fingerprint density at radius 2 is 1.73 bits per heavy atom. The van der Waals surface area contributed by atoms with Gasteiger partial charge in [0.05, 0.1) is 6.61 Å². The van der Waals surface area contributed by atoms with E-state index in [0.717, 1.165) is 18.8 Å². The van der Waals surface area contributed by atoms with Gasteiger partial charge in [0.1, 0.15) is 5.75 Å². The van der Waals surface area contributed by atoms with Gasteiger partial charge in [0.25, 0.3) is 0 Å². The molecule has 0 fully saturated rings. The Morgan fingerprint density at radius 1 is 1.13 bits per heavy atom. The van der Waals surface area contributed by atoms with Crippen molar-refractivity contribution < 1.29 is 4.74 Å². The normalized spacial score (nSPS) is 12.9. The Balaban J connectivity index is 2.49. The topological polar surface area (TPSA) is 9.23 Å². The van der Waals surface area contributed by atoms with Crippen molar-refractivity contribution >= 4 is 11.6 Å². The molecule has 1 aromatic carbocycles. The minimum atomic E-state index is 0.187. The number of ether oxygens (including phenoxy) is 1. The minimum Gasteiger partial charge on any atom is -0.493 e. The predicted molar refractivity (Wildman–Crippen MR) is 65.8 cm³/mol. The van der Waals surface area contributed by atoms with Gasteiger partial charge in [-0.15, -0.1) is 11.6 Å². The van der Waals surface area contributed by atoms with Crippen LogP contribution in [-0.2, 0) is 6.42 Å². The molecule has 0 aliphatic rings. The van der Waals surface area contributed by atoms with Gasteiger partial charge in [-0.3, -0.25) is 0 Å². The number of hydrogen-bond donors (Lipinski definition) is 0. The third kappa shape index (κ3) is 5.08.